The number of thiocarbonyl (C=S) groups is 1. The summed E-state index contributed by atoms with van der Waals surface area (Å²) in [7, 11) is 0. The van der Waals surface area contributed by atoms with Crippen LogP contribution in [0.15, 0.2) is 66.5 Å². The number of carboxylic acids is 1. The third kappa shape index (κ3) is 3.09. The van der Waals surface area contributed by atoms with Crippen molar-refractivity contribution in [3.8, 4) is 0 Å². The molecule has 0 radical (unpaired) electrons. The number of aromatic nitrogens is 1. The molecular weight excluding hydrogens is 362 g/mol. The van der Waals surface area contributed by atoms with Gasteiger partial charge in [0, 0.05) is 22.7 Å². The van der Waals surface area contributed by atoms with Crippen LogP contribution in [0.25, 0.3) is 17.0 Å². The Bertz CT molecular complexity index is 1100. The number of carbonyl (C=O) groups is 2. The van der Waals surface area contributed by atoms with E-state index in [2.05, 4.69) is 5.32 Å². The highest BCUT2D eigenvalue weighted by Gasteiger charge is 2.32. The van der Waals surface area contributed by atoms with Crippen LogP contribution >= 0.6 is 12.2 Å². The first-order valence-electron chi connectivity index (χ1n) is 8.26. The molecule has 2 heterocycles. The van der Waals surface area contributed by atoms with E-state index in [1.165, 1.54) is 4.90 Å². The Hall–Kier alpha value is -3.45. The lowest BCUT2D eigenvalue weighted by Crippen LogP contribution is -2.30. The molecule has 1 fully saturated rings. The standard InChI is InChI=1S/C20H15N3O3S/c24-18(25)12-22-11-13(15-8-4-5-9-17(15)22)10-16-19(26)23(20(27)21-16)14-6-2-1-3-7-14/h1-11H,12H2,(H,21,27)(H,24,25)/b16-10-. The summed E-state index contributed by atoms with van der Waals surface area (Å²) in [5.41, 5.74) is 2.58. The molecule has 1 aliphatic rings. The Kier molecular flexibility index (Phi) is 4.21. The summed E-state index contributed by atoms with van der Waals surface area (Å²) in [5.74, 6) is -1.18. The van der Waals surface area contributed by atoms with E-state index in [-0.39, 0.29) is 12.5 Å². The van der Waals surface area contributed by atoms with Crippen LogP contribution in [0.5, 0.6) is 0 Å². The first-order chi connectivity index (χ1) is 13.0. The average Bonchev–Trinajstić information content (AvgIpc) is 3.13. The third-order valence-electron chi connectivity index (χ3n) is 4.32. The maximum atomic E-state index is 12.8. The first kappa shape index (κ1) is 17.0. The van der Waals surface area contributed by atoms with E-state index < -0.39 is 5.97 Å². The van der Waals surface area contributed by atoms with Crippen molar-refractivity contribution in [3.63, 3.8) is 0 Å². The van der Waals surface area contributed by atoms with Gasteiger partial charge in [0.25, 0.3) is 5.91 Å². The highest BCUT2D eigenvalue weighted by molar-refractivity contribution is 7.80. The number of amides is 1. The van der Waals surface area contributed by atoms with Gasteiger partial charge in [-0.3, -0.25) is 14.5 Å². The van der Waals surface area contributed by atoms with Crippen LogP contribution in [-0.2, 0) is 16.1 Å². The van der Waals surface area contributed by atoms with Crippen molar-refractivity contribution >= 4 is 51.9 Å². The van der Waals surface area contributed by atoms with Crippen molar-refractivity contribution in [1.82, 2.24) is 9.88 Å². The summed E-state index contributed by atoms with van der Waals surface area (Å²) >= 11 is 5.32. The summed E-state index contributed by atoms with van der Waals surface area (Å²) in [4.78, 5) is 25.4. The monoisotopic (exact) mass is 377 g/mol. The van der Waals surface area contributed by atoms with E-state index in [1.807, 2.05) is 54.6 Å². The summed E-state index contributed by atoms with van der Waals surface area (Å²) in [5, 5.41) is 13.3. The van der Waals surface area contributed by atoms with Crippen LogP contribution in [-0.4, -0.2) is 26.7 Å². The van der Waals surface area contributed by atoms with E-state index in [4.69, 9.17) is 17.3 Å². The lowest BCUT2D eigenvalue weighted by Gasteiger charge is -2.13. The van der Waals surface area contributed by atoms with Crippen LogP contribution in [0.3, 0.4) is 0 Å². The Labute approximate surface area is 160 Å². The Morgan fingerprint density at radius 2 is 1.81 bits per heavy atom. The van der Waals surface area contributed by atoms with Gasteiger partial charge in [0.15, 0.2) is 5.11 Å². The van der Waals surface area contributed by atoms with E-state index in [1.54, 1.807) is 16.8 Å². The minimum absolute atomic E-state index is 0.153. The van der Waals surface area contributed by atoms with Crippen molar-refractivity contribution in [3.05, 3.63) is 72.1 Å². The van der Waals surface area contributed by atoms with Crippen molar-refractivity contribution in [2.45, 2.75) is 6.54 Å². The van der Waals surface area contributed by atoms with Crippen molar-refractivity contribution < 1.29 is 14.7 Å². The molecule has 1 saturated heterocycles. The van der Waals surface area contributed by atoms with Gasteiger partial charge in [0.1, 0.15) is 12.2 Å². The predicted octanol–water partition coefficient (Wildman–Crippen LogP) is 2.99. The fourth-order valence-corrected chi connectivity index (χ4v) is 3.47. The van der Waals surface area contributed by atoms with Gasteiger partial charge in [-0.1, -0.05) is 36.4 Å². The molecule has 27 heavy (non-hydrogen) atoms. The van der Waals surface area contributed by atoms with Crippen molar-refractivity contribution in [1.29, 1.82) is 0 Å². The molecule has 0 atom stereocenters. The molecule has 0 aliphatic carbocycles. The van der Waals surface area contributed by atoms with Crippen LogP contribution < -0.4 is 10.2 Å². The quantitative estimate of drug-likeness (QED) is 0.540. The molecule has 6 nitrogen and oxygen atoms in total. The number of benzene rings is 2. The van der Waals surface area contributed by atoms with Gasteiger partial charge >= 0.3 is 5.97 Å². The van der Waals surface area contributed by atoms with E-state index in [0.29, 0.717) is 16.5 Å². The molecule has 0 unspecified atom stereocenters. The molecule has 1 aromatic heterocycles. The molecule has 0 saturated carbocycles. The third-order valence-corrected chi connectivity index (χ3v) is 4.60. The van der Waals surface area contributed by atoms with Gasteiger partial charge in [-0.25, -0.2) is 0 Å². The number of carbonyl (C=O) groups excluding carboxylic acids is 1. The van der Waals surface area contributed by atoms with Gasteiger partial charge in [-0.15, -0.1) is 0 Å². The van der Waals surface area contributed by atoms with Gasteiger partial charge in [0.05, 0.1) is 5.69 Å². The lowest BCUT2D eigenvalue weighted by atomic mass is 10.1. The number of anilines is 1. The molecular formula is C20H15N3O3S. The van der Waals surface area contributed by atoms with Crippen LogP contribution in [0.1, 0.15) is 5.56 Å². The maximum absolute atomic E-state index is 12.8. The number of nitrogens with one attached hydrogen (secondary N) is 1. The molecule has 1 aliphatic heterocycles. The fraction of sp³-hybridized carbons (Fsp3) is 0.0500. The van der Waals surface area contributed by atoms with Gasteiger partial charge in [0.2, 0.25) is 0 Å². The van der Waals surface area contributed by atoms with Crippen LogP contribution in [0, 0.1) is 0 Å². The van der Waals surface area contributed by atoms with E-state index in [0.717, 1.165) is 16.5 Å². The topological polar surface area (TPSA) is 74.6 Å². The number of hydrogen-bond acceptors (Lipinski definition) is 3. The highest BCUT2D eigenvalue weighted by Crippen LogP contribution is 2.26. The second-order valence-corrected chi connectivity index (χ2v) is 6.47. The molecule has 1 amide bonds. The summed E-state index contributed by atoms with van der Waals surface area (Å²) in [6.07, 6.45) is 3.44. The molecule has 3 aromatic rings. The van der Waals surface area contributed by atoms with E-state index >= 15 is 0 Å². The number of nitrogens with zero attached hydrogens (tertiary/aromatic N) is 2. The van der Waals surface area contributed by atoms with Gasteiger partial charge in [-0.2, -0.15) is 0 Å². The number of hydrogen-bond donors (Lipinski definition) is 2. The average molecular weight is 377 g/mol. The zero-order valence-electron chi connectivity index (χ0n) is 14.1. The number of fused-ring (bicyclic) bond motifs is 1. The van der Waals surface area contributed by atoms with Gasteiger partial charge in [-0.05, 0) is 36.5 Å². The Morgan fingerprint density at radius 1 is 1.11 bits per heavy atom. The maximum Gasteiger partial charge on any atom is 0.323 e. The Balaban J connectivity index is 1.75. The molecule has 7 heteroatoms. The minimum Gasteiger partial charge on any atom is -0.480 e. The SMILES string of the molecule is O=C(O)Cn1cc(/C=C2\NC(=S)N(c3ccccc3)C2=O)c2ccccc21. The zero-order valence-corrected chi connectivity index (χ0v) is 14.9. The molecule has 2 aromatic carbocycles. The fourth-order valence-electron chi connectivity index (χ4n) is 3.17. The molecule has 4 rings (SSSR count). The zero-order chi connectivity index (χ0) is 19.0. The smallest absolute Gasteiger partial charge is 0.323 e. The summed E-state index contributed by atoms with van der Waals surface area (Å²) in [6, 6.07) is 16.6. The number of rotatable bonds is 4. The van der Waals surface area contributed by atoms with Crippen molar-refractivity contribution in [2.24, 2.45) is 0 Å². The summed E-state index contributed by atoms with van der Waals surface area (Å²) in [6.45, 7) is -0.153. The summed E-state index contributed by atoms with van der Waals surface area (Å²) < 4.78 is 1.65. The van der Waals surface area contributed by atoms with Crippen molar-refractivity contribution in [2.75, 3.05) is 4.90 Å². The number of carboxylic acid groups (broad SMARTS) is 1. The molecule has 0 spiro atoms. The number of aliphatic carboxylic acids is 1. The molecule has 134 valence electrons. The van der Waals surface area contributed by atoms with Gasteiger partial charge < -0.3 is 15.0 Å². The largest absolute Gasteiger partial charge is 0.480 e. The normalized spacial score (nSPS) is 15.6. The second-order valence-electron chi connectivity index (χ2n) is 6.09. The molecule has 2 N–H and O–H groups in total. The van der Waals surface area contributed by atoms with Crippen LogP contribution in [0.2, 0.25) is 0 Å². The Morgan fingerprint density at radius 3 is 2.56 bits per heavy atom. The second kappa shape index (κ2) is 6.69. The van der Waals surface area contributed by atoms with Crippen LogP contribution in [0.4, 0.5) is 5.69 Å². The first-order valence-corrected chi connectivity index (χ1v) is 8.67. The predicted molar refractivity (Wildman–Crippen MR) is 107 cm³/mol. The molecule has 0 bridgehead atoms. The lowest BCUT2D eigenvalue weighted by molar-refractivity contribution is -0.137. The highest BCUT2D eigenvalue weighted by atomic mass is 32.1. The number of para-hydroxylation sites is 2. The van der Waals surface area contributed by atoms with E-state index in [9.17, 15) is 9.59 Å². The minimum atomic E-state index is -0.929.